The van der Waals surface area contributed by atoms with Crippen LogP contribution in [0.3, 0.4) is 0 Å². The first-order valence-electron chi connectivity index (χ1n) is 7.84. The summed E-state index contributed by atoms with van der Waals surface area (Å²) in [7, 11) is 0. The summed E-state index contributed by atoms with van der Waals surface area (Å²) in [5.41, 5.74) is -3.25. The Kier molecular flexibility index (Phi) is 5.48. The van der Waals surface area contributed by atoms with Crippen LogP contribution in [0.5, 0.6) is 0 Å². The molecule has 0 spiro atoms. The highest BCUT2D eigenvalue weighted by Gasteiger charge is 2.43. The van der Waals surface area contributed by atoms with Crippen LogP contribution in [0.4, 0.5) is 18.9 Å². The van der Waals surface area contributed by atoms with Crippen LogP contribution in [-0.2, 0) is 15.7 Å². The van der Waals surface area contributed by atoms with Crippen molar-refractivity contribution in [3.8, 4) is 0 Å². The van der Waals surface area contributed by atoms with E-state index in [1.807, 2.05) is 6.92 Å². The number of ether oxygens (including phenoxy) is 1. The standard InChI is InChI=1S/C17H16F3NO5/c1-3-26-8-13(16(23)12-6-9(12)2)15(22)11-5-4-10(17(18,19)20)7-14(11)21(24)25/h4-5,7-9,12H,3,6H2,1-2H3. The van der Waals surface area contributed by atoms with Crippen LogP contribution in [0, 0.1) is 22.0 Å². The number of rotatable bonds is 7. The van der Waals surface area contributed by atoms with Crippen LogP contribution in [0.2, 0.25) is 0 Å². The molecule has 1 aliphatic carbocycles. The van der Waals surface area contributed by atoms with Gasteiger partial charge in [-0.15, -0.1) is 0 Å². The van der Waals surface area contributed by atoms with Crippen molar-refractivity contribution in [3.05, 3.63) is 51.3 Å². The number of halogens is 3. The van der Waals surface area contributed by atoms with Crippen molar-refractivity contribution in [2.24, 2.45) is 11.8 Å². The number of nitro benzene ring substituents is 1. The van der Waals surface area contributed by atoms with Gasteiger partial charge in [-0.1, -0.05) is 6.92 Å². The Morgan fingerprint density at radius 1 is 1.38 bits per heavy atom. The molecule has 1 aromatic rings. The monoisotopic (exact) mass is 371 g/mol. The van der Waals surface area contributed by atoms with Gasteiger partial charge in [-0.2, -0.15) is 13.2 Å². The van der Waals surface area contributed by atoms with Gasteiger partial charge < -0.3 is 4.74 Å². The van der Waals surface area contributed by atoms with Crippen molar-refractivity contribution in [1.29, 1.82) is 0 Å². The number of allylic oxidation sites excluding steroid dienone is 1. The molecule has 2 rings (SSSR count). The first-order chi connectivity index (χ1) is 12.1. The molecule has 1 saturated carbocycles. The van der Waals surface area contributed by atoms with Gasteiger partial charge in [-0.3, -0.25) is 19.7 Å². The van der Waals surface area contributed by atoms with E-state index in [-0.39, 0.29) is 24.5 Å². The van der Waals surface area contributed by atoms with Gasteiger partial charge in [-0.25, -0.2) is 0 Å². The number of alkyl halides is 3. The summed E-state index contributed by atoms with van der Waals surface area (Å²) in [4.78, 5) is 35.2. The van der Waals surface area contributed by atoms with E-state index < -0.39 is 45.1 Å². The number of carbonyl (C=O) groups excluding carboxylic acids is 2. The van der Waals surface area contributed by atoms with E-state index >= 15 is 0 Å². The predicted octanol–water partition coefficient (Wildman–Crippen LogP) is 3.94. The Hall–Kier alpha value is -2.71. The normalized spacial score (nSPS) is 19.8. The fourth-order valence-corrected chi connectivity index (χ4v) is 2.47. The summed E-state index contributed by atoms with van der Waals surface area (Å²) in [5, 5.41) is 11.2. The van der Waals surface area contributed by atoms with Gasteiger partial charge in [0.25, 0.3) is 5.69 Å². The second-order valence-corrected chi connectivity index (χ2v) is 5.99. The lowest BCUT2D eigenvalue weighted by atomic mass is 9.96. The number of carbonyl (C=O) groups is 2. The van der Waals surface area contributed by atoms with Gasteiger partial charge in [0.2, 0.25) is 5.78 Å². The number of hydrogen-bond acceptors (Lipinski definition) is 5. The van der Waals surface area contributed by atoms with Gasteiger partial charge in [-0.05, 0) is 31.4 Å². The molecule has 140 valence electrons. The molecule has 1 fully saturated rings. The van der Waals surface area contributed by atoms with Gasteiger partial charge in [0.05, 0.1) is 23.4 Å². The maximum absolute atomic E-state index is 12.8. The Morgan fingerprint density at radius 2 is 2.00 bits per heavy atom. The lowest BCUT2D eigenvalue weighted by Crippen LogP contribution is -2.18. The third-order valence-corrected chi connectivity index (χ3v) is 4.09. The Morgan fingerprint density at radius 3 is 2.46 bits per heavy atom. The molecular weight excluding hydrogens is 355 g/mol. The summed E-state index contributed by atoms with van der Waals surface area (Å²) >= 11 is 0. The van der Waals surface area contributed by atoms with Crippen molar-refractivity contribution >= 4 is 17.3 Å². The molecule has 0 N–H and O–H groups in total. The molecule has 0 radical (unpaired) electrons. The van der Waals surface area contributed by atoms with E-state index in [1.54, 1.807) is 6.92 Å². The van der Waals surface area contributed by atoms with Gasteiger partial charge in [0.15, 0.2) is 5.78 Å². The van der Waals surface area contributed by atoms with Crippen LogP contribution < -0.4 is 0 Å². The summed E-state index contributed by atoms with van der Waals surface area (Å²) in [6.45, 7) is 3.58. The van der Waals surface area contributed by atoms with E-state index in [2.05, 4.69) is 0 Å². The fourth-order valence-electron chi connectivity index (χ4n) is 2.47. The number of ketones is 2. The minimum absolute atomic E-state index is 0.0721. The van der Waals surface area contributed by atoms with Crippen molar-refractivity contribution in [1.82, 2.24) is 0 Å². The maximum atomic E-state index is 12.8. The van der Waals surface area contributed by atoms with Crippen LogP contribution in [0.25, 0.3) is 0 Å². The van der Waals surface area contributed by atoms with E-state index in [0.29, 0.717) is 18.6 Å². The summed E-state index contributed by atoms with van der Waals surface area (Å²) < 4.78 is 43.3. The topological polar surface area (TPSA) is 86.5 Å². The molecular formula is C17H16F3NO5. The molecule has 6 nitrogen and oxygen atoms in total. The zero-order chi connectivity index (χ0) is 19.6. The first kappa shape index (κ1) is 19.6. The van der Waals surface area contributed by atoms with E-state index in [1.165, 1.54) is 0 Å². The molecule has 2 atom stereocenters. The second-order valence-electron chi connectivity index (χ2n) is 5.99. The molecule has 0 bridgehead atoms. The van der Waals surface area contributed by atoms with E-state index in [4.69, 9.17) is 4.74 Å². The quantitative estimate of drug-likeness (QED) is 0.138. The van der Waals surface area contributed by atoms with Crippen molar-refractivity contribution in [2.75, 3.05) is 6.61 Å². The van der Waals surface area contributed by atoms with Crippen LogP contribution in [0.1, 0.15) is 36.2 Å². The lowest BCUT2D eigenvalue weighted by Gasteiger charge is -2.10. The number of Topliss-reactive ketones (excluding diaryl/α,β-unsaturated/α-hetero) is 2. The molecule has 2 unspecified atom stereocenters. The molecule has 0 heterocycles. The molecule has 0 saturated heterocycles. The van der Waals surface area contributed by atoms with Crippen LogP contribution in [0.15, 0.2) is 30.0 Å². The average Bonchev–Trinajstić information content (AvgIpc) is 3.30. The Bertz CT molecular complexity index is 785. The Balaban J connectivity index is 2.48. The molecule has 1 aliphatic rings. The van der Waals surface area contributed by atoms with Gasteiger partial charge in [0.1, 0.15) is 11.1 Å². The second kappa shape index (κ2) is 7.27. The molecule has 9 heteroatoms. The minimum atomic E-state index is -4.80. The minimum Gasteiger partial charge on any atom is -0.501 e. The highest BCUT2D eigenvalue weighted by Crippen LogP contribution is 2.41. The van der Waals surface area contributed by atoms with Gasteiger partial charge in [0, 0.05) is 12.0 Å². The largest absolute Gasteiger partial charge is 0.501 e. The van der Waals surface area contributed by atoms with Crippen molar-refractivity contribution in [2.45, 2.75) is 26.4 Å². The molecule has 1 aromatic carbocycles. The number of benzene rings is 1. The van der Waals surface area contributed by atoms with E-state index in [0.717, 1.165) is 6.26 Å². The Labute approximate surface area is 146 Å². The zero-order valence-corrected chi connectivity index (χ0v) is 14.0. The molecule has 0 aromatic heterocycles. The van der Waals surface area contributed by atoms with Gasteiger partial charge >= 0.3 is 6.18 Å². The number of nitrogens with zero attached hydrogens (tertiary/aromatic N) is 1. The lowest BCUT2D eigenvalue weighted by molar-refractivity contribution is -0.385. The van der Waals surface area contributed by atoms with Crippen LogP contribution in [-0.4, -0.2) is 23.1 Å². The maximum Gasteiger partial charge on any atom is 0.416 e. The fraction of sp³-hybridized carbons (Fsp3) is 0.412. The third kappa shape index (κ3) is 4.09. The smallest absolute Gasteiger partial charge is 0.416 e. The molecule has 0 amide bonds. The third-order valence-electron chi connectivity index (χ3n) is 4.09. The van der Waals surface area contributed by atoms with Crippen LogP contribution >= 0.6 is 0 Å². The predicted molar refractivity (Wildman–Crippen MR) is 84.4 cm³/mol. The summed E-state index contributed by atoms with van der Waals surface area (Å²) in [5.74, 6) is -1.87. The average molecular weight is 371 g/mol. The van der Waals surface area contributed by atoms with Crippen molar-refractivity contribution < 1.29 is 32.4 Å². The highest BCUT2D eigenvalue weighted by atomic mass is 19.4. The highest BCUT2D eigenvalue weighted by molar-refractivity contribution is 6.28. The summed E-state index contributed by atoms with van der Waals surface area (Å²) in [6.07, 6.45) is -3.29. The molecule has 0 aliphatic heterocycles. The van der Waals surface area contributed by atoms with E-state index in [9.17, 15) is 32.9 Å². The number of nitro groups is 1. The SMILES string of the molecule is CCOC=C(C(=O)c1ccc(C(F)(F)F)cc1[N+](=O)[O-])C(=O)C1CC1C. The summed E-state index contributed by atoms with van der Waals surface area (Å²) in [6, 6.07) is 1.57. The zero-order valence-electron chi connectivity index (χ0n) is 14.0. The first-order valence-corrected chi connectivity index (χ1v) is 7.84. The van der Waals surface area contributed by atoms with Crippen molar-refractivity contribution in [3.63, 3.8) is 0 Å². The number of hydrogen-bond donors (Lipinski definition) is 0. The molecule has 26 heavy (non-hydrogen) atoms.